The van der Waals surface area contributed by atoms with E-state index in [0.29, 0.717) is 42.6 Å². The number of rotatable bonds is 8. The molecule has 1 aromatic heterocycles. The number of hydrogen-bond donors (Lipinski definition) is 1. The smallest absolute Gasteiger partial charge is 0.303 e. The molecule has 6 heteroatoms. The molecule has 0 aliphatic rings. The SMILES string of the molecule is CCc1nc2ccccc2c(=O)n1CCOc1ccc(CCC(=O)O)cc1. The molecule has 6 nitrogen and oxygen atoms in total. The number of carboxylic acids is 1. The lowest BCUT2D eigenvalue weighted by atomic mass is 10.1. The predicted octanol–water partition coefficient (Wildman–Crippen LogP) is 3.06. The molecular weight excluding hydrogens is 344 g/mol. The zero-order valence-corrected chi connectivity index (χ0v) is 15.2. The second-order valence-corrected chi connectivity index (χ2v) is 6.24. The monoisotopic (exact) mass is 366 g/mol. The molecule has 1 N–H and O–H groups in total. The Morgan fingerprint density at radius 1 is 1.15 bits per heavy atom. The van der Waals surface area contributed by atoms with Crippen LogP contribution in [0.1, 0.15) is 24.7 Å². The Kier molecular flexibility index (Phi) is 5.86. The van der Waals surface area contributed by atoms with Gasteiger partial charge in [-0.3, -0.25) is 14.2 Å². The number of benzene rings is 2. The molecule has 0 unspecified atom stereocenters. The Morgan fingerprint density at radius 2 is 1.89 bits per heavy atom. The fraction of sp³-hybridized carbons (Fsp3) is 0.286. The van der Waals surface area contributed by atoms with Crippen LogP contribution in [-0.4, -0.2) is 27.2 Å². The van der Waals surface area contributed by atoms with Crippen LogP contribution >= 0.6 is 0 Å². The van der Waals surface area contributed by atoms with Crippen molar-refractivity contribution in [2.45, 2.75) is 32.7 Å². The molecule has 0 radical (unpaired) electrons. The first-order valence-corrected chi connectivity index (χ1v) is 9.00. The number of fused-ring (bicyclic) bond motifs is 1. The minimum atomic E-state index is -0.809. The number of carbonyl (C=O) groups is 1. The molecule has 0 atom stereocenters. The Morgan fingerprint density at radius 3 is 2.59 bits per heavy atom. The third-order valence-electron chi connectivity index (χ3n) is 4.39. The molecule has 0 aliphatic carbocycles. The first-order valence-electron chi connectivity index (χ1n) is 9.00. The van der Waals surface area contributed by atoms with Gasteiger partial charge in [0, 0.05) is 12.8 Å². The maximum atomic E-state index is 12.7. The number of hydrogen-bond acceptors (Lipinski definition) is 4. The van der Waals surface area contributed by atoms with Crippen LogP contribution in [0, 0.1) is 0 Å². The fourth-order valence-corrected chi connectivity index (χ4v) is 2.97. The highest BCUT2D eigenvalue weighted by molar-refractivity contribution is 5.77. The van der Waals surface area contributed by atoms with Crippen molar-refractivity contribution < 1.29 is 14.6 Å². The van der Waals surface area contributed by atoms with E-state index in [2.05, 4.69) is 4.98 Å². The second-order valence-electron chi connectivity index (χ2n) is 6.24. The van der Waals surface area contributed by atoms with E-state index in [-0.39, 0.29) is 12.0 Å². The molecule has 140 valence electrons. The van der Waals surface area contributed by atoms with Gasteiger partial charge in [0.05, 0.1) is 17.4 Å². The van der Waals surface area contributed by atoms with Crippen LogP contribution in [0.3, 0.4) is 0 Å². The molecule has 0 saturated heterocycles. The predicted molar refractivity (Wildman–Crippen MR) is 103 cm³/mol. The fourth-order valence-electron chi connectivity index (χ4n) is 2.97. The van der Waals surface area contributed by atoms with E-state index in [0.717, 1.165) is 11.4 Å². The third-order valence-corrected chi connectivity index (χ3v) is 4.39. The average molecular weight is 366 g/mol. The van der Waals surface area contributed by atoms with Gasteiger partial charge >= 0.3 is 5.97 Å². The first-order chi connectivity index (χ1) is 13.1. The average Bonchev–Trinajstić information content (AvgIpc) is 2.68. The van der Waals surface area contributed by atoms with Crippen molar-refractivity contribution in [3.8, 4) is 5.75 Å². The largest absolute Gasteiger partial charge is 0.492 e. The first kappa shape index (κ1) is 18.6. The van der Waals surface area contributed by atoms with Gasteiger partial charge in [-0.15, -0.1) is 0 Å². The molecule has 2 aromatic carbocycles. The minimum Gasteiger partial charge on any atom is -0.492 e. The summed E-state index contributed by atoms with van der Waals surface area (Å²) in [5.41, 5.74) is 1.62. The van der Waals surface area contributed by atoms with Crippen LogP contribution in [0.5, 0.6) is 5.75 Å². The highest BCUT2D eigenvalue weighted by atomic mass is 16.5. The Hall–Kier alpha value is -3.15. The van der Waals surface area contributed by atoms with E-state index >= 15 is 0 Å². The lowest BCUT2D eigenvalue weighted by molar-refractivity contribution is -0.136. The van der Waals surface area contributed by atoms with Crippen LogP contribution in [-0.2, 0) is 24.2 Å². The maximum absolute atomic E-state index is 12.7. The lowest BCUT2D eigenvalue weighted by Crippen LogP contribution is -2.27. The number of aliphatic carboxylic acids is 1. The molecule has 1 heterocycles. The quantitative estimate of drug-likeness (QED) is 0.663. The number of aromatic nitrogens is 2. The summed E-state index contributed by atoms with van der Waals surface area (Å²) in [6, 6.07) is 14.7. The van der Waals surface area contributed by atoms with Gasteiger partial charge in [-0.1, -0.05) is 31.2 Å². The molecule has 0 fully saturated rings. The molecule has 0 aliphatic heterocycles. The van der Waals surface area contributed by atoms with E-state index in [1.165, 1.54) is 0 Å². The van der Waals surface area contributed by atoms with Gasteiger partial charge < -0.3 is 9.84 Å². The zero-order valence-electron chi connectivity index (χ0n) is 15.2. The van der Waals surface area contributed by atoms with Crippen LogP contribution in [0.15, 0.2) is 53.3 Å². The number of para-hydroxylation sites is 1. The van der Waals surface area contributed by atoms with E-state index in [1.54, 1.807) is 10.6 Å². The van der Waals surface area contributed by atoms with Crippen molar-refractivity contribution in [2.24, 2.45) is 0 Å². The Labute approximate surface area is 157 Å². The molecule has 0 spiro atoms. The van der Waals surface area contributed by atoms with Gasteiger partial charge in [0.15, 0.2) is 0 Å². The van der Waals surface area contributed by atoms with Crippen molar-refractivity contribution in [3.05, 3.63) is 70.3 Å². The van der Waals surface area contributed by atoms with Crippen LogP contribution in [0.25, 0.3) is 10.9 Å². The summed E-state index contributed by atoms with van der Waals surface area (Å²) >= 11 is 0. The molecule has 0 amide bonds. The Balaban J connectivity index is 1.67. The van der Waals surface area contributed by atoms with E-state index in [4.69, 9.17) is 9.84 Å². The van der Waals surface area contributed by atoms with Crippen molar-refractivity contribution in [3.63, 3.8) is 0 Å². The molecule has 0 saturated carbocycles. The summed E-state index contributed by atoms with van der Waals surface area (Å²) in [5, 5.41) is 9.34. The summed E-state index contributed by atoms with van der Waals surface area (Å²) < 4.78 is 7.42. The number of ether oxygens (including phenoxy) is 1. The maximum Gasteiger partial charge on any atom is 0.303 e. The van der Waals surface area contributed by atoms with Gasteiger partial charge in [0.2, 0.25) is 0 Å². The molecule has 3 aromatic rings. The molecule has 3 rings (SSSR count). The van der Waals surface area contributed by atoms with Crippen LogP contribution < -0.4 is 10.3 Å². The van der Waals surface area contributed by atoms with Crippen molar-refractivity contribution in [1.82, 2.24) is 9.55 Å². The summed E-state index contributed by atoms with van der Waals surface area (Å²) in [6.45, 7) is 2.74. The summed E-state index contributed by atoms with van der Waals surface area (Å²) in [5.74, 6) is 0.622. The van der Waals surface area contributed by atoms with Gasteiger partial charge in [0.1, 0.15) is 18.2 Å². The molecule has 0 bridgehead atoms. The van der Waals surface area contributed by atoms with Crippen molar-refractivity contribution >= 4 is 16.9 Å². The number of nitrogens with zero attached hydrogens (tertiary/aromatic N) is 2. The highest BCUT2D eigenvalue weighted by Gasteiger charge is 2.09. The zero-order chi connectivity index (χ0) is 19.2. The number of aryl methyl sites for hydroxylation is 2. The Bertz CT molecular complexity index is 993. The van der Waals surface area contributed by atoms with Crippen molar-refractivity contribution in [1.29, 1.82) is 0 Å². The van der Waals surface area contributed by atoms with E-state index < -0.39 is 5.97 Å². The lowest BCUT2D eigenvalue weighted by Gasteiger charge is -2.13. The summed E-state index contributed by atoms with van der Waals surface area (Å²) in [6.07, 6.45) is 1.27. The summed E-state index contributed by atoms with van der Waals surface area (Å²) in [4.78, 5) is 27.9. The second kappa shape index (κ2) is 8.49. The van der Waals surface area contributed by atoms with Gasteiger partial charge in [0.25, 0.3) is 5.56 Å². The minimum absolute atomic E-state index is 0.0509. The van der Waals surface area contributed by atoms with Crippen molar-refractivity contribution in [2.75, 3.05) is 6.61 Å². The molecular formula is C21H22N2O4. The van der Waals surface area contributed by atoms with Gasteiger partial charge in [-0.25, -0.2) is 4.98 Å². The number of carboxylic acid groups (broad SMARTS) is 1. The van der Waals surface area contributed by atoms with E-state index in [1.807, 2.05) is 49.4 Å². The molecule has 27 heavy (non-hydrogen) atoms. The normalized spacial score (nSPS) is 10.9. The third kappa shape index (κ3) is 4.53. The topological polar surface area (TPSA) is 81.4 Å². The van der Waals surface area contributed by atoms with Gasteiger partial charge in [-0.05, 0) is 36.2 Å². The van der Waals surface area contributed by atoms with Gasteiger partial charge in [-0.2, -0.15) is 0 Å². The summed E-state index contributed by atoms with van der Waals surface area (Å²) in [7, 11) is 0. The van der Waals surface area contributed by atoms with Crippen LogP contribution in [0.4, 0.5) is 0 Å². The van der Waals surface area contributed by atoms with Crippen LogP contribution in [0.2, 0.25) is 0 Å². The standard InChI is InChI=1S/C21H22N2O4/c1-2-19-22-18-6-4-3-5-17(18)21(26)23(19)13-14-27-16-10-7-15(8-11-16)9-12-20(24)25/h3-8,10-11H,2,9,12-14H2,1H3,(H,24,25). The highest BCUT2D eigenvalue weighted by Crippen LogP contribution is 2.14. The van der Waals surface area contributed by atoms with E-state index in [9.17, 15) is 9.59 Å².